The highest BCUT2D eigenvalue weighted by Gasteiger charge is 2.12. The van der Waals surface area contributed by atoms with Gasteiger partial charge in [-0.05, 0) is 24.6 Å². The molecule has 0 aliphatic heterocycles. The summed E-state index contributed by atoms with van der Waals surface area (Å²) in [4.78, 5) is 11.3. The molecule has 4 heteroatoms. The number of benzene rings is 1. The fraction of sp³-hybridized carbons (Fsp3) is 0.222. The molecule has 1 aromatic carbocycles. The molecule has 0 radical (unpaired) electrons. The molecule has 0 heterocycles. The van der Waals surface area contributed by atoms with Crippen LogP contribution in [0.15, 0.2) is 16.6 Å². The number of Topliss-reactive ketones (excluding diaryl/α,β-unsaturated/α-hetero) is 1. The van der Waals surface area contributed by atoms with E-state index in [1.807, 2.05) is 13.0 Å². The third-order valence-electron chi connectivity index (χ3n) is 1.65. The molecule has 0 N–H and O–H groups in total. The highest BCUT2D eigenvalue weighted by atomic mass is 79.9. The van der Waals surface area contributed by atoms with Crippen LogP contribution in [-0.4, -0.2) is 11.7 Å². The molecule has 0 saturated heterocycles. The van der Waals surface area contributed by atoms with Gasteiger partial charge in [0.1, 0.15) is 0 Å². The van der Waals surface area contributed by atoms with E-state index in [-0.39, 0.29) is 11.7 Å². The maximum absolute atomic E-state index is 11.3. The monoisotopic (exact) mass is 280 g/mol. The average Bonchev–Trinajstić information content (AvgIpc) is 2.02. The van der Waals surface area contributed by atoms with Crippen LogP contribution < -0.4 is 0 Å². The maximum atomic E-state index is 11.3. The Labute approximate surface area is 95.2 Å². The normalized spacial score (nSPS) is 10.2. The van der Waals surface area contributed by atoms with Gasteiger partial charge in [-0.25, -0.2) is 0 Å². The summed E-state index contributed by atoms with van der Waals surface area (Å²) in [6, 6.07) is 3.53. The Kier molecular flexibility index (Phi) is 3.77. The summed E-state index contributed by atoms with van der Waals surface area (Å²) < 4.78 is 0.862. The van der Waals surface area contributed by atoms with Crippen LogP contribution in [0.3, 0.4) is 0 Å². The molecular weight excluding hydrogens is 275 g/mol. The van der Waals surface area contributed by atoms with Crippen LogP contribution in [0.25, 0.3) is 0 Å². The van der Waals surface area contributed by atoms with Gasteiger partial charge < -0.3 is 0 Å². The lowest BCUT2D eigenvalue weighted by Gasteiger charge is -2.05. The number of carbonyl (C=O) groups is 1. The Morgan fingerprint density at radius 1 is 1.54 bits per heavy atom. The van der Waals surface area contributed by atoms with Gasteiger partial charge in [-0.3, -0.25) is 4.79 Å². The maximum Gasteiger partial charge on any atom is 0.179 e. The fourth-order valence-corrected chi connectivity index (χ4v) is 2.33. The van der Waals surface area contributed by atoms with E-state index in [0.29, 0.717) is 10.6 Å². The molecule has 1 rings (SSSR count). The van der Waals surface area contributed by atoms with Crippen molar-refractivity contribution in [2.45, 2.75) is 6.92 Å². The largest absolute Gasteiger partial charge is 0.293 e. The number of alkyl halides is 1. The standard InChI is InChI=1S/C9H7BrCl2O/c1-5-2-6(10)3-7(12)9(5)8(13)4-11/h2-3H,4H2,1H3. The first-order valence-corrected chi connectivity index (χ1v) is 5.31. The molecule has 0 bridgehead atoms. The Bertz CT molecular complexity index is 326. The van der Waals surface area contributed by atoms with Crippen LogP contribution >= 0.6 is 39.1 Å². The third-order valence-corrected chi connectivity index (χ3v) is 2.65. The zero-order valence-electron chi connectivity index (χ0n) is 6.90. The van der Waals surface area contributed by atoms with Crippen molar-refractivity contribution in [2.75, 3.05) is 5.88 Å². The zero-order chi connectivity index (χ0) is 10.0. The van der Waals surface area contributed by atoms with Gasteiger partial charge in [0.05, 0.1) is 10.9 Å². The highest BCUT2D eigenvalue weighted by molar-refractivity contribution is 9.10. The molecule has 13 heavy (non-hydrogen) atoms. The average molecular weight is 282 g/mol. The number of halogens is 3. The SMILES string of the molecule is Cc1cc(Br)cc(Cl)c1C(=O)CCl. The minimum absolute atomic E-state index is 0.0395. The summed E-state index contributed by atoms with van der Waals surface area (Å²) in [5.41, 5.74) is 1.35. The van der Waals surface area contributed by atoms with Crippen LogP contribution in [0.5, 0.6) is 0 Å². The molecule has 0 fully saturated rings. The predicted octanol–water partition coefficient (Wildman–Crippen LogP) is 3.83. The second-order valence-electron chi connectivity index (χ2n) is 2.64. The highest BCUT2D eigenvalue weighted by Crippen LogP contribution is 2.25. The zero-order valence-corrected chi connectivity index (χ0v) is 10.0. The van der Waals surface area contributed by atoms with Crippen LogP contribution in [0.4, 0.5) is 0 Å². The van der Waals surface area contributed by atoms with Crippen molar-refractivity contribution in [3.05, 3.63) is 32.8 Å². The first-order valence-electron chi connectivity index (χ1n) is 3.61. The third kappa shape index (κ3) is 2.46. The summed E-state index contributed by atoms with van der Waals surface area (Å²) in [6.07, 6.45) is 0. The smallest absolute Gasteiger partial charge is 0.179 e. The lowest BCUT2D eigenvalue weighted by atomic mass is 10.1. The topological polar surface area (TPSA) is 17.1 Å². The molecular formula is C9H7BrCl2O. The van der Waals surface area contributed by atoms with Crippen molar-refractivity contribution in [1.82, 2.24) is 0 Å². The van der Waals surface area contributed by atoms with Crippen LogP contribution in [0.1, 0.15) is 15.9 Å². The summed E-state index contributed by atoms with van der Waals surface area (Å²) in [6.45, 7) is 1.83. The predicted molar refractivity (Wildman–Crippen MR) is 58.9 cm³/mol. The summed E-state index contributed by atoms with van der Waals surface area (Å²) in [5, 5.41) is 0.442. The van der Waals surface area contributed by atoms with Gasteiger partial charge in [-0.15, -0.1) is 11.6 Å². The van der Waals surface area contributed by atoms with E-state index in [4.69, 9.17) is 23.2 Å². The minimum Gasteiger partial charge on any atom is -0.293 e. The van der Waals surface area contributed by atoms with Gasteiger partial charge in [0.15, 0.2) is 5.78 Å². The van der Waals surface area contributed by atoms with E-state index < -0.39 is 0 Å². The fourth-order valence-electron chi connectivity index (χ4n) is 1.12. The first kappa shape index (κ1) is 11.0. The summed E-state index contributed by atoms with van der Waals surface area (Å²) in [5.74, 6) is -0.181. The van der Waals surface area contributed by atoms with Gasteiger partial charge in [0.25, 0.3) is 0 Å². The van der Waals surface area contributed by atoms with E-state index >= 15 is 0 Å². The molecule has 70 valence electrons. The number of carbonyl (C=O) groups excluding carboxylic acids is 1. The van der Waals surface area contributed by atoms with E-state index in [1.165, 1.54) is 0 Å². The van der Waals surface area contributed by atoms with Crippen molar-refractivity contribution < 1.29 is 4.79 Å². The summed E-state index contributed by atoms with van der Waals surface area (Å²) >= 11 is 14.6. The number of aryl methyl sites for hydroxylation is 1. The lowest BCUT2D eigenvalue weighted by Crippen LogP contribution is -2.03. The van der Waals surface area contributed by atoms with Crippen LogP contribution in [-0.2, 0) is 0 Å². The summed E-state index contributed by atoms with van der Waals surface area (Å²) in [7, 11) is 0. The Morgan fingerprint density at radius 3 is 2.62 bits per heavy atom. The van der Waals surface area contributed by atoms with Gasteiger partial charge in [-0.2, -0.15) is 0 Å². The number of rotatable bonds is 2. The van der Waals surface area contributed by atoms with E-state index in [9.17, 15) is 4.79 Å². The molecule has 0 aliphatic rings. The van der Waals surface area contributed by atoms with Gasteiger partial charge in [0, 0.05) is 10.0 Å². The first-order chi connectivity index (χ1) is 6.06. The van der Waals surface area contributed by atoms with E-state index in [2.05, 4.69) is 15.9 Å². The molecule has 0 aromatic heterocycles. The van der Waals surface area contributed by atoms with Crippen molar-refractivity contribution >= 4 is 44.9 Å². The minimum atomic E-state index is -0.142. The molecule has 0 spiro atoms. The van der Waals surface area contributed by atoms with E-state index in [0.717, 1.165) is 10.0 Å². The molecule has 0 amide bonds. The Balaban J connectivity index is 3.28. The lowest BCUT2D eigenvalue weighted by molar-refractivity contribution is 0.102. The van der Waals surface area contributed by atoms with Crippen molar-refractivity contribution in [3.8, 4) is 0 Å². The van der Waals surface area contributed by atoms with Gasteiger partial charge in [0.2, 0.25) is 0 Å². The van der Waals surface area contributed by atoms with Crippen molar-refractivity contribution in [1.29, 1.82) is 0 Å². The number of hydrogen-bond acceptors (Lipinski definition) is 1. The number of ketones is 1. The van der Waals surface area contributed by atoms with Gasteiger partial charge in [-0.1, -0.05) is 27.5 Å². The molecule has 0 saturated carbocycles. The Morgan fingerprint density at radius 2 is 2.15 bits per heavy atom. The van der Waals surface area contributed by atoms with Crippen molar-refractivity contribution in [2.24, 2.45) is 0 Å². The number of hydrogen-bond donors (Lipinski definition) is 0. The second kappa shape index (κ2) is 4.45. The molecule has 1 aromatic rings. The van der Waals surface area contributed by atoms with Crippen LogP contribution in [0.2, 0.25) is 5.02 Å². The quantitative estimate of drug-likeness (QED) is 0.595. The van der Waals surface area contributed by atoms with Gasteiger partial charge >= 0.3 is 0 Å². The molecule has 1 nitrogen and oxygen atoms in total. The molecule has 0 unspecified atom stereocenters. The molecule has 0 aliphatic carbocycles. The second-order valence-corrected chi connectivity index (χ2v) is 4.23. The van der Waals surface area contributed by atoms with Crippen LogP contribution in [0, 0.1) is 6.92 Å². The Hall–Kier alpha value is -0.0500. The van der Waals surface area contributed by atoms with Crippen molar-refractivity contribution in [3.63, 3.8) is 0 Å². The molecule has 0 atom stereocenters. The van der Waals surface area contributed by atoms with E-state index in [1.54, 1.807) is 6.07 Å².